The van der Waals surface area contributed by atoms with Crippen LogP contribution in [0.15, 0.2) is 18.2 Å². The molecule has 4 nitrogen and oxygen atoms in total. The van der Waals surface area contributed by atoms with Crippen molar-refractivity contribution in [1.29, 1.82) is 0 Å². The van der Waals surface area contributed by atoms with Crippen molar-refractivity contribution in [2.45, 2.75) is 12.6 Å². The predicted octanol–water partition coefficient (Wildman–Crippen LogP) is 2.34. The monoisotopic (exact) mass is 320 g/mol. The number of ether oxygens (including phenoxy) is 1. The molecule has 0 heterocycles. The van der Waals surface area contributed by atoms with Gasteiger partial charge in [-0.2, -0.15) is 13.2 Å². The number of hydrogen-bond donors (Lipinski definition) is 1. The summed E-state index contributed by atoms with van der Waals surface area (Å²) in [5.74, 6) is -0.411. The summed E-state index contributed by atoms with van der Waals surface area (Å²) in [7, 11) is 2.90. The van der Waals surface area contributed by atoms with Crippen LogP contribution in [0.4, 0.5) is 18.9 Å². The van der Waals surface area contributed by atoms with Crippen molar-refractivity contribution >= 4 is 28.9 Å². The number of methoxy groups -OCH3 is 1. The average molecular weight is 320 g/mol. The second-order valence-corrected chi connectivity index (χ2v) is 4.78. The summed E-state index contributed by atoms with van der Waals surface area (Å²) in [6.07, 6.45) is -4.37. The molecule has 21 heavy (non-hydrogen) atoms. The van der Waals surface area contributed by atoms with Gasteiger partial charge in [0.25, 0.3) is 0 Å². The molecule has 8 heteroatoms. The highest BCUT2D eigenvalue weighted by atomic mass is 32.1. The Labute approximate surface area is 125 Å². The molecule has 1 aromatic rings. The van der Waals surface area contributed by atoms with Crippen LogP contribution in [0.25, 0.3) is 0 Å². The van der Waals surface area contributed by atoms with Crippen LogP contribution in [0.3, 0.4) is 0 Å². The first-order chi connectivity index (χ1) is 9.66. The van der Waals surface area contributed by atoms with Crippen molar-refractivity contribution in [3.8, 4) is 0 Å². The maximum absolute atomic E-state index is 12.7. The van der Waals surface area contributed by atoms with E-state index in [1.807, 2.05) is 0 Å². The molecule has 0 aliphatic carbocycles. The third-order valence-electron chi connectivity index (χ3n) is 2.88. The van der Waals surface area contributed by atoms with Crippen LogP contribution in [-0.4, -0.2) is 31.7 Å². The maximum Gasteiger partial charge on any atom is 0.416 e. The summed E-state index contributed by atoms with van der Waals surface area (Å²) < 4.78 is 42.6. The number of halogens is 3. The van der Waals surface area contributed by atoms with Gasteiger partial charge >= 0.3 is 12.1 Å². The Morgan fingerprint density at radius 3 is 2.52 bits per heavy atom. The Morgan fingerprint density at radius 1 is 1.43 bits per heavy atom. The summed E-state index contributed by atoms with van der Waals surface area (Å²) in [6.45, 7) is 0.271. The number of alkyl halides is 3. The zero-order valence-electron chi connectivity index (χ0n) is 11.5. The third kappa shape index (κ3) is 4.59. The lowest BCUT2D eigenvalue weighted by atomic mass is 10.1. The number of benzene rings is 1. The van der Waals surface area contributed by atoms with E-state index in [2.05, 4.69) is 4.74 Å². The van der Waals surface area contributed by atoms with E-state index in [9.17, 15) is 18.0 Å². The largest absolute Gasteiger partial charge is 0.469 e. The van der Waals surface area contributed by atoms with Gasteiger partial charge in [-0.15, -0.1) is 0 Å². The minimum Gasteiger partial charge on any atom is -0.469 e. The quantitative estimate of drug-likeness (QED) is 0.667. The van der Waals surface area contributed by atoms with E-state index in [0.717, 1.165) is 12.1 Å². The molecule has 0 fully saturated rings. The summed E-state index contributed by atoms with van der Waals surface area (Å²) in [5, 5.41) is 0. The number of esters is 1. The van der Waals surface area contributed by atoms with Crippen LogP contribution in [0.5, 0.6) is 0 Å². The van der Waals surface area contributed by atoms with Crippen LogP contribution in [-0.2, 0) is 15.7 Å². The second-order valence-electron chi connectivity index (χ2n) is 4.34. The molecule has 0 aromatic heterocycles. The highest BCUT2D eigenvalue weighted by molar-refractivity contribution is 7.80. The van der Waals surface area contributed by atoms with E-state index in [0.29, 0.717) is 5.69 Å². The number of carbonyl (C=O) groups is 1. The second kappa shape index (κ2) is 6.75. The molecule has 0 unspecified atom stereocenters. The number of nitrogens with zero attached hydrogens (tertiary/aromatic N) is 1. The number of thiocarbonyl (C=S) groups is 1. The number of anilines is 1. The minimum atomic E-state index is -4.47. The van der Waals surface area contributed by atoms with E-state index in [1.54, 1.807) is 11.9 Å². The molecule has 0 bridgehead atoms. The average Bonchev–Trinajstić information content (AvgIpc) is 2.42. The highest BCUT2D eigenvalue weighted by Crippen LogP contribution is 2.32. The fourth-order valence-electron chi connectivity index (χ4n) is 1.72. The lowest BCUT2D eigenvalue weighted by Gasteiger charge is -2.22. The molecule has 0 radical (unpaired) electrons. The van der Waals surface area contributed by atoms with Gasteiger partial charge < -0.3 is 15.4 Å². The van der Waals surface area contributed by atoms with E-state index in [1.165, 1.54) is 13.2 Å². The summed E-state index contributed by atoms with van der Waals surface area (Å²) >= 11 is 4.80. The maximum atomic E-state index is 12.7. The van der Waals surface area contributed by atoms with Crippen molar-refractivity contribution in [2.24, 2.45) is 5.73 Å². The van der Waals surface area contributed by atoms with Gasteiger partial charge in [0, 0.05) is 24.8 Å². The Balaban J connectivity index is 3.06. The molecule has 0 aliphatic heterocycles. The molecule has 0 aliphatic rings. The Morgan fingerprint density at radius 2 is 2.05 bits per heavy atom. The minimum absolute atomic E-state index is 0.102. The van der Waals surface area contributed by atoms with Gasteiger partial charge in [0.2, 0.25) is 0 Å². The van der Waals surface area contributed by atoms with Gasteiger partial charge in [-0.3, -0.25) is 4.79 Å². The van der Waals surface area contributed by atoms with Crippen molar-refractivity contribution in [3.63, 3.8) is 0 Å². The van der Waals surface area contributed by atoms with Gasteiger partial charge in [0.1, 0.15) is 4.99 Å². The summed E-state index contributed by atoms with van der Waals surface area (Å²) in [4.78, 5) is 12.6. The third-order valence-corrected chi connectivity index (χ3v) is 3.10. The molecular formula is C13H15F3N2O2S. The fourth-order valence-corrected chi connectivity index (χ4v) is 1.89. The highest BCUT2D eigenvalue weighted by Gasteiger charge is 2.31. The van der Waals surface area contributed by atoms with Crippen LogP contribution in [0, 0.1) is 0 Å². The lowest BCUT2D eigenvalue weighted by Crippen LogP contribution is -2.25. The molecule has 0 saturated heterocycles. The molecule has 1 aromatic carbocycles. The molecule has 1 rings (SSSR count). The number of hydrogen-bond acceptors (Lipinski definition) is 4. The van der Waals surface area contributed by atoms with Crippen molar-refractivity contribution < 1.29 is 22.7 Å². The topological polar surface area (TPSA) is 55.6 Å². The first-order valence-electron chi connectivity index (χ1n) is 5.95. The Hall–Kier alpha value is -1.83. The van der Waals surface area contributed by atoms with Gasteiger partial charge in [-0.1, -0.05) is 12.2 Å². The van der Waals surface area contributed by atoms with E-state index < -0.39 is 17.7 Å². The normalized spacial score (nSPS) is 11.1. The van der Waals surface area contributed by atoms with Crippen LogP contribution >= 0.6 is 12.2 Å². The van der Waals surface area contributed by atoms with Crippen LogP contribution < -0.4 is 10.6 Å². The molecule has 0 amide bonds. The zero-order chi connectivity index (χ0) is 16.2. The van der Waals surface area contributed by atoms with E-state index in [-0.39, 0.29) is 23.5 Å². The SMILES string of the molecule is COC(=O)CCN(C)c1ccc(C(F)(F)F)cc1C(N)=S. The fraction of sp³-hybridized carbons (Fsp3) is 0.385. The van der Waals surface area contributed by atoms with Gasteiger partial charge in [0.15, 0.2) is 0 Å². The first-order valence-corrected chi connectivity index (χ1v) is 6.36. The van der Waals surface area contributed by atoms with E-state index >= 15 is 0 Å². The number of nitrogens with two attached hydrogens (primary N) is 1. The molecule has 116 valence electrons. The van der Waals surface area contributed by atoms with Crippen LogP contribution in [0.1, 0.15) is 17.5 Å². The lowest BCUT2D eigenvalue weighted by molar-refractivity contribution is -0.140. The van der Waals surface area contributed by atoms with Crippen molar-refractivity contribution in [2.75, 3.05) is 25.6 Å². The van der Waals surface area contributed by atoms with E-state index in [4.69, 9.17) is 18.0 Å². The summed E-state index contributed by atoms with van der Waals surface area (Å²) in [6, 6.07) is 3.15. The Kier molecular flexibility index (Phi) is 5.54. The molecule has 0 saturated carbocycles. The zero-order valence-corrected chi connectivity index (χ0v) is 12.3. The summed E-state index contributed by atoms with van der Waals surface area (Å²) in [5.41, 5.74) is 5.22. The van der Waals surface area contributed by atoms with Gasteiger partial charge in [-0.05, 0) is 18.2 Å². The van der Waals surface area contributed by atoms with Crippen molar-refractivity contribution in [1.82, 2.24) is 0 Å². The molecule has 0 atom stereocenters. The van der Waals surface area contributed by atoms with Crippen LogP contribution in [0.2, 0.25) is 0 Å². The molecule has 2 N–H and O–H groups in total. The standard InChI is InChI=1S/C13H15F3N2O2S/c1-18(6-5-11(19)20-2)10-4-3-8(13(14,15)16)7-9(10)12(17)21/h3-4,7H,5-6H2,1-2H3,(H2,17,21). The first kappa shape index (κ1) is 17.2. The molecular weight excluding hydrogens is 305 g/mol. The van der Waals surface area contributed by atoms with Gasteiger partial charge in [-0.25, -0.2) is 0 Å². The van der Waals surface area contributed by atoms with Crippen molar-refractivity contribution in [3.05, 3.63) is 29.3 Å². The number of carbonyl (C=O) groups excluding carboxylic acids is 1. The smallest absolute Gasteiger partial charge is 0.416 e. The Bertz CT molecular complexity index is 547. The number of rotatable bonds is 5. The van der Waals surface area contributed by atoms with Gasteiger partial charge in [0.05, 0.1) is 19.1 Å². The predicted molar refractivity (Wildman–Crippen MR) is 77.2 cm³/mol. The molecule has 0 spiro atoms.